The monoisotopic (exact) mass is 835 g/mol. The fraction of sp³-hybridized carbons (Fsp3) is 0.536. The van der Waals surface area contributed by atoms with E-state index in [-0.39, 0.29) is 35.7 Å². The van der Waals surface area contributed by atoms with Crippen LogP contribution in [0.25, 0.3) is 43.1 Å². The van der Waals surface area contributed by atoms with Crippen LogP contribution < -0.4 is 0 Å². The molecule has 2 aliphatic rings. The highest BCUT2D eigenvalue weighted by Gasteiger charge is 2.41. The number of terminal acetylenes is 1. The van der Waals surface area contributed by atoms with E-state index in [4.69, 9.17) is 6.42 Å². The van der Waals surface area contributed by atoms with E-state index in [0.29, 0.717) is 38.6 Å². The summed E-state index contributed by atoms with van der Waals surface area (Å²) >= 11 is 0. The number of rotatable bonds is 26. The van der Waals surface area contributed by atoms with Gasteiger partial charge in [0, 0.05) is 61.4 Å². The number of nitrogens with zero attached hydrogens (tertiary/aromatic N) is 2. The minimum absolute atomic E-state index is 0.144. The summed E-state index contributed by atoms with van der Waals surface area (Å²) in [4.78, 5) is 62.2. The van der Waals surface area contributed by atoms with Crippen molar-refractivity contribution < 1.29 is 19.2 Å². The third kappa shape index (κ3) is 8.76. The summed E-state index contributed by atoms with van der Waals surface area (Å²) in [5, 5.41) is 6.36. The molecule has 5 aromatic rings. The Morgan fingerprint density at radius 3 is 1.13 bits per heavy atom. The predicted octanol–water partition coefficient (Wildman–Crippen LogP) is 15.1. The highest BCUT2D eigenvalue weighted by atomic mass is 16.2. The minimum atomic E-state index is -0.257. The van der Waals surface area contributed by atoms with Gasteiger partial charge >= 0.3 is 0 Å². The molecule has 0 aromatic heterocycles. The highest BCUT2D eigenvalue weighted by Crippen LogP contribution is 2.48. The van der Waals surface area contributed by atoms with Crippen LogP contribution >= 0.6 is 0 Å². The number of hydrogen-bond donors (Lipinski definition) is 0. The molecule has 62 heavy (non-hydrogen) atoms. The topological polar surface area (TPSA) is 74.8 Å². The molecular formula is C56H70N2O4. The number of amides is 4. The second kappa shape index (κ2) is 21.1. The second-order valence-electron chi connectivity index (χ2n) is 18.6. The maximum absolute atomic E-state index is 14.8. The lowest BCUT2D eigenvalue weighted by molar-refractivity contribution is 0.0501. The van der Waals surface area contributed by atoms with Gasteiger partial charge in [-0.15, -0.1) is 6.42 Å². The molecule has 6 nitrogen and oxygen atoms in total. The number of imide groups is 2. The summed E-state index contributed by atoms with van der Waals surface area (Å²) in [6.07, 6.45) is 32.1. The lowest BCUT2D eigenvalue weighted by Gasteiger charge is -2.36. The average molecular weight is 835 g/mol. The molecule has 0 N–H and O–H groups in total. The first-order chi connectivity index (χ1) is 30.3. The van der Waals surface area contributed by atoms with Gasteiger partial charge in [0.1, 0.15) is 0 Å². The van der Waals surface area contributed by atoms with E-state index >= 15 is 0 Å². The normalized spacial score (nSPS) is 14.1. The van der Waals surface area contributed by atoms with E-state index in [9.17, 15) is 19.2 Å². The van der Waals surface area contributed by atoms with Crippen molar-refractivity contribution in [1.82, 2.24) is 9.80 Å². The minimum Gasteiger partial charge on any atom is -0.271 e. The number of hydrogen-bond acceptors (Lipinski definition) is 4. The first-order valence-electron chi connectivity index (χ1n) is 24.8. The molecule has 0 bridgehead atoms. The molecule has 0 fully saturated rings. The molecule has 0 radical (unpaired) electrons. The van der Waals surface area contributed by atoms with Gasteiger partial charge in [0.05, 0.1) is 0 Å². The van der Waals surface area contributed by atoms with Crippen molar-refractivity contribution in [1.29, 1.82) is 0 Å². The van der Waals surface area contributed by atoms with Gasteiger partial charge in [-0.25, -0.2) is 0 Å². The summed E-state index contributed by atoms with van der Waals surface area (Å²) in [6.45, 7) is 8.86. The molecule has 0 saturated heterocycles. The molecule has 5 aromatic carbocycles. The maximum Gasteiger partial charge on any atom is 0.261 e. The number of carbonyl (C=O) groups is 4. The zero-order valence-electron chi connectivity index (χ0n) is 38.3. The molecule has 0 atom stereocenters. The van der Waals surface area contributed by atoms with Crippen LogP contribution in [0.2, 0.25) is 0 Å². The molecule has 4 amide bonds. The number of carbonyl (C=O) groups excluding carboxylic acids is 4. The smallest absolute Gasteiger partial charge is 0.261 e. The Kier molecular flexibility index (Phi) is 15.4. The van der Waals surface area contributed by atoms with Crippen LogP contribution in [-0.2, 0) is 0 Å². The lowest BCUT2D eigenvalue weighted by Crippen LogP contribution is -2.47. The van der Waals surface area contributed by atoms with Crippen LogP contribution in [0.3, 0.4) is 0 Å². The lowest BCUT2D eigenvalue weighted by atomic mass is 9.80. The maximum atomic E-state index is 14.8. The standard InChI is InChI=1S/C56H70N2O4/c1-6-11-15-19-23-27-39(28-24-20-16-12-7-2)57-53(59)44-34-31-41-42-32-35-46-51-47(37-38(10-5)48(52(42)51)43-33-36-45(54(57)60)50(44)49(41)43)56(62)58(55(46)61)40(29-25-21-17-13-8-3)30-26-22-18-14-9-4/h5,31-37,39-40H,6-9,11-30H2,1-4H3. The molecular weight excluding hydrogens is 765 g/mol. The third-order valence-corrected chi connectivity index (χ3v) is 14.2. The second-order valence-corrected chi connectivity index (χ2v) is 18.6. The Labute approximate surface area is 370 Å². The van der Waals surface area contributed by atoms with Crippen LogP contribution in [0, 0.1) is 12.3 Å². The molecule has 2 aliphatic heterocycles. The Morgan fingerprint density at radius 2 is 0.742 bits per heavy atom. The average Bonchev–Trinajstić information content (AvgIpc) is 3.28. The SMILES string of the molecule is C#Cc1cc2c3c(ccc4c5ccc6c7c(ccc(c1c34)c75)C(=O)N(C(CCCCCCC)CCCCCCC)C6=O)C(=O)N(C(CCCCCCC)CCCCCCC)C2=O. The van der Waals surface area contributed by atoms with Gasteiger partial charge in [0.2, 0.25) is 0 Å². The van der Waals surface area contributed by atoms with Crippen molar-refractivity contribution in [2.45, 2.75) is 194 Å². The first-order valence-corrected chi connectivity index (χ1v) is 24.8. The van der Waals surface area contributed by atoms with Crippen LogP contribution in [0.15, 0.2) is 42.5 Å². The first kappa shape index (κ1) is 45.3. The van der Waals surface area contributed by atoms with E-state index in [2.05, 4.69) is 33.6 Å². The van der Waals surface area contributed by atoms with Crippen LogP contribution in [0.1, 0.15) is 229 Å². The quantitative estimate of drug-likeness (QED) is 0.0183. The number of unbranched alkanes of at least 4 members (excludes halogenated alkanes) is 16. The van der Waals surface area contributed by atoms with Crippen LogP contribution in [-0.4, -0.2) is 45.5 Å². The third-order valence-electron chi connectivity index (χ3n) is 14.2. The van der Waals surface area contributed by atoms with Gasteiger partial charge in [0.15, 0.2) is 0 Å². The highest BCUT2D eigenvalue weighted by molar-refractivity contribution is 6.42. The summed E-state index contributed by atoms with van der Waals surface area (Å²) in [6, 6.07) is 13.2. The Morgan fingerprint density at radius 1 is 0.403 bits per heavy atom. The van der Waals surface area contributed by atoms with Crippen molar-refractivity contribution in [3.05, 3.63) is 70.3 Å². The van der Waals surface area contributed by atoms with Crippen LogP contribution in [0.4, 0.5) is 0 Å². The van der Waals surface area contributed by atoms with Crippen molar-refractivity contribution >= 4 is 66.7 Å². The van der Waals surface area contributed by atoms with Crippen molar-refractivity contribution in [2.24, 2.45) is 0 Å². The number of benzene rings is 5. The fourth-order valence-corrected chi connectivity index (χ4v) is 10.9. The molecule has 7 rings (SSSR count). The molecule has 6 heteroatoms. The van der Waals surface area contributed by atoms with E-state index in [0.717, 1.165) is 122 Å². The predicted molar refractivity (Wildman–Crippen MR) is 258 cm³/mol. The van der Waals surface area contributed by atoms with Gasteiger partial charge in [-0.3, -0.25) is 29.0 Å². The Bertz CT molecular complexity index is 2400. The van der Waals surface area contributed by atoms with E-state index in [1.54, 1.807) is 9.80 Å². The zero-order valence-corrected chi connectivity index (χ0v) is 38.3. The molecule has 328 valence electrons. The van der Waals surface area contributed by atoms with Gasteiger partial charge in [-0.1, -0.05) is 180 Å². The van der Waals surface area contributed by atoms with E-state index < -0.39 is 0 Å². The Balaban J connectivity index is 1.30. The summed E-state index contributed by atoms with van der Waals surface area (Å²) in [7, 11) is 0. The summed E-state index contributed by atoms with van der Waals surface area (Å²) in [5.74, 6) is 2.03. The largest absolute Gasteiger partial charge is 0.271 e. The molecule has 0 spiro atoms. The van der Waals surface area contributed by atoms with Crippen molar-refractivity contribution in [3.8, 4) is 12.3 Å². The van der Waals surface area contributed by atoms with Gasteiger partial charge in [-0.05, 0) is 71.5 Å². The van der Waals surface area contributed by atoms with Gasteiger partial charge < -0.3 is 0 Å². The summed E-state index contributed by atoms with van der Waals surface area (Å²) in [5.41, 5.74) is 2.71. The van der Waals surface area contributed by atoms with Crippen LogP contribution in [0.5, 0.6) is 0 Å². The molecule has 0 aliphatic carbocycles. The van der Waals surface area contributed by atoms with Crippen molar-refractivity contribution in [2.75, 3.05) is 0 Å². The molecule has 0 unspecified atom stereocenters. The zero-order chi connectivity index (χ0) is 43.8. The number of fused-ring (bicyclic) bond motifs is 2. The molecule has 0 saturated carbocycles. The van der Waals surface area contributed by atoms with Gasteiger partial charge in [-0.2, -0.15) is 0 Å². The van der Waals surface area contributed by atoms with E-state index in [1.165, 1.54) is 64.2 Å². The van der Waals surface area contributed by atoms with E-state index in [1.807, 2.05) is 42.5 Å². The molecule has 2 heterocycles. The van der Waals surface area contributed by atoms with Crippen molar-refractivity contribution in [3.63, 3.8) is 0 Å². The summed E-state index contributed by atoms with van der Waals surface area (Å²) < 4.78 is 0. The van der Waals surface area contributed by atoms with Gasteiger partial charge in [0.25, 0.3) is 23.6 Å². The fourth-order valence-electron chi connectivity index (χ4n) is 10.9. The Hall–Kier alpha value is -4.76.